The molecule has 0 aliphatic heterocycles. The third-order valence-corrected chi connectivity index (χ3v) is 11.9. The van der Waals surface area contributed by atoms with E-state index in [0.29, 0.717) is 0 Å². The van der Waals surface area contributed by atoms with Crippen LogP contribution >= 0.6 is 18.3 Å². The minimum absolute atomic E-state index is 0.122. The molecule has 0 heterocycles. The van der Waals surface area contributed by atoms with Gasteiger partial charge in [-0.1, -0.05) is 53.3 Å². The Hall–Kier alpha value is 0.520. The molecule has 0 atom stereocenters. The van der Waals surface area contributed by atoms with Crippen molar-refractivity contribution in [1.82, 2.24) is 0 Å². The van der Waals surface area contributed by atoms with Crippen molar-refractivity contribution >= 4 is 35.1 Å². The van der Waals surface area contributed by atoms with Crippen LogP contribution < -0.4 is 0 Å². The van der Waals surface area contributed by atoms with Crippen molar-refractivity contribution in [2.75, 3.05) is 0 Å². The largest absolute Gasteiger partial charge is 0.0912 e. The Bertz CT molecular complexity index is 291. The minimum Gasteiger partial charge on any atom is -0.0912 e. The van der Waals surface area contributed by atoms with Gasteiger partial charge in [0.1, 0.15) is 0 Å². The van der Waals surface area contributed by atoms with Crippen molar-refractivity contribution in [1.29, 1.82) is 0 Å². The molecule has 0 saturated heterocycles. The number of rotatable bonds is 1. The molecule has 0 unspecified atom stereocenters. The average molecular weight is 248 g/mol. The molecular formula is C11H21PS2. The second-order valence-electron chi connectivity index (χ2n) is 5.64. The summed E-state index contributed by atoms with van der Waals surface area (Å²) in [7, 11) is 0. The van der Waals surface area contributed by atoms with Crippen LogP contribution in [-0.4, -0.2) is 15.3 Å². The van der Waals surface area contributed by atoms with Gasteiger partial charge in [-0.3, -0.25) is 0 Å². The van der Waals surface area contributed by atoms with E-state index >= 15 is 0 Å². The molecule has 0 aromatic heterocycles. The molecule has 0 aliphatic rings. The molecular weight excluding hydrogens is 227 g/mol. The molecule has 0 aromatic carbocycles. The Balaban J connectivity index is 5.80. The van der Waals surface area contributed by atoms with E-state index in [1.807, 2.05) is 6.92 Å². The number of hydrogen-bond acceptors (Lipinski definition) is 2. The zero-order chi connectivity index (χ0) is 11.8. The number of thiocarbonyl (C=S) groups is 1. The highest BCUT2D eigenvalue weighted by Crippen LogP contribution is 2.71. The van der Waals surface area contributed by atoms with E-state index in [2.05, 4.69) is 46.6 Å². The molecule has 0 bridgehead atoms. The Morgan fingerprint density at radius 2 is 1.29 bits per heavy atom. The summed E-state index contributed by atoms with van der Waals surface area (Å²) in [5.74, 6) is 0. The van der Waals surface area contributed by atoms with Gasteiger partial charge < -0.3 is 0 Å². The van der Waals surface area contributed by atoms with Crippen molar-refractivity contribution in [2.45, 2.75) is 58.8 Å². The van der Waals surface area contributed by atoms with Gasteiger partial charge in [-0.05, 0) is 40.5 Å². The van der Waals surface area contributed by atoms with E-state index < -0.39 is 6.04 Å². The lowest BCUT2D eigenvalue weighted by atomic mass is 10.2. The lowest BCUT2D eigenvalue weighted by Crippen LogP contribution is -2.29. The molecule has 0 fully saturated rings. The summed E-state index contributed by atoms with van der Waals surface area (Å²) in [6.07, 6.45) is 0. The highest BCUT2D eigenvalue weighted by molar-refractivity contribution is 8.18. The first-order valence-electron chi connectivity index (χ1n) is 4.81. The SMILES string of the molecule is CC(=C=S)P(=S)(C(C)(C)C)C(C)(C)C. The van der Waals surface area contributed by atoms with Gasteiger partial charge in [0, 0.05) is 5.31 Å². The molecule has 0 amide bonds. The Morgan fingerprint density at radius 3 is 1.36 bits per heavy atom. The standard InChI is InChI=1S/C11H21PS2/c1-9(8-13)12(14,10(2,3)4)11(5,6)7/h1-7H3. The van der Waals surface area contributed by atoms with E-state index in [4.69, 9.17) is 24.0 Å². The summed E-state index contributed by atoms with van der Waals surface area (Å²) in [5.41, 5.74) is 0. The van der Waals surface area contributed by atoms with Gasteiger partial charge in [0.15, 0.2) is 0 Å². The monoisotopic (exact) mass is 248 g/mol. The van der Waals surface area contributed by atoms with Crippen molar-refractivity contribution in [3.8, 4) is 0 Å². The van der Waals surface area contributed by atoms with Crippen LogP contribution in [0.3, 0.4) is 0 Å². The highest BCUT2D eigenvalue weighted by atomic mass is 32.4. The van der Waals surface area contributed by atoms with Crippen molar-refractivity contribution in [3.05, 3.63) is 5.31 Å². The molecule has 0 rings (SSSR count). The second-order valence-corrected chi connectivity index (χ2v) is 12.1. The first-order valence-corrected chi connectivity index (χ1v) is 8.02. The number of hydrogen-bond donors (Lipinski definition) is 0. The summed E-state index contributed by atoms with van der Waals surface area (Å²) in [6.45, 7) is 15.4. The second kappa shape index (κ2) is 4.18. The van der Waals surface area contributed by atoms with Gasteiger partial charge in [-0.2, -0.15) is 0 Å². The summed E-state index contributed by atoms with van der Waals surface area (Å²) >= 11 is 10.9. The maximum absolute atomic E-state index is 5.94. The van der Waals surface area contributed by atoms with E-state index in [1.54, 1.807) is 0 Å². The Morgan fingerprint density at radius 1 is 1.00 bits per heavy atom. The van der Waals surface area contributed by atoms with Gasteiger partial charge >= 0.3 is 0 Å². The van der Waals surface area contributed by atoms with Crippen LogP contribution in [0.15, 0.2) is 5.31 Å². The van der Waals surface area contributed by atoms with Crippen LogP contribution in [0, 0.1) is 0 Å². The molecule has 0 saturated carbocycles. The Labute approximate surface area is 99.2 Å². The summed E-state index contributed by atoms with van der Waals surface area (Å²) in [6, 6.07) is -1.64. The van der Waals surface area contributed by atoms with Gasteiger partial charge in [-0.25, -0.2) is 0 Å². The first-order chi connectivity index (χ1) is 5.98. The number of allylic oxidation sites excluding steroid dienone is 1. The lowest BCUT2D eigenvalue weighted by Gasteiger charge is -2.45. The van der Waals surface area contributed by atoms with E-state index in [-0.39, 0.29) is 10.3 Å². The van der Waals surface area contributed by atoms with Crippen LogP contribution in [0.1, 0.15) is 48.5 Å². The van der Waals surface area contributed by atoms with Crippen LogP contribution in [-0.2, 0) is 11.8 Å². The zero-order valence-electron chi connectivity index (χ0n) is 10.3. The van der Waals surface area contributed by atoms with Crippen molar-refractivity contribution in [2.24, 2.45) is 0 Å². The quantitative estimate of drug-likeness (QED) is 0.492. The molecule has 82 valence electrons. The van der Waals surface area contributed by atoms with Gasteiger partial charge in [0.25, 0.3) is 0 Å². The van der Waals surface area contributed by atoms with Crippen molar-refractivity contribution in [3.63, 3.8) is 0 Å². The molecule has 0 radical (unpaired) electrons. The fourth-order valence-electron chi connectivity index (χ4n) is 2.08. The smallest absolute Gasteiger partial charge is 0.0146 e. The molecule has 0 aliphatic carbocycles. The molecule has 0 nitrogen and oxygen atoms in total. The average Bonchev–Trinajstić information content (AvgIpc) is 1.97. The first kappa shape index (κ1) is 14.5. The topological polar surface area (TPSA) is 0 Å². The van der Waals surface area contributed by atoms with Gasteiger partial charge in [0.2, 0.25) is 0 Å². The molecule has 14 heavy (non-hydrogen) atoms. The van der Waals surface area contributed by atoms with Gasteiger partial charge in [-0.15, -0.1) is 0 Å². The van der Waals surface area contributed by atoms with E-state index in [0.717, 1.165) is 5.31 Å². The van der Waals surface area contributed by atoms with Crippen LogP contribution in [0.4, 0.5) is 0 Å². The Kier molecular flexibility index (Phi) is 4.33. The van der Waals surface area contributed by atoms with E-state index in [9.17, 15) is 0 Å². The third-order valence-electron chi connectivity index (χ3n) is 2.51. The minimum atomic E-state index is -1.64. The maximum atomic E-state index is 5.94. The normalized spacial score (nSPS) is 13.6. The fraction of sp³-hybridized carbons (Fsp3) is 0.818. The molecule has 3 heteroatoms. The fourth-order valence-corrected chi connectivity index (χ4v) is 6.95. The molecule has 0 N–H and O–H groups in total. The predicted molar refractivity (Wildman–Crippen MR) is 75.6 cm³/mol. The summed E-state index contributed by atoms with van der Waals surface area (Å²) < 4.78 is 0. The molecule has 0 spiro atoms. The molecule has 0 aromatic rings. The lowest BCUT2D eigenvalue weighted by molar-refractivity contribution is 0.709. The van der Waals surface area contributed by atoms with Crippen LogP contribution in [0.2, 0.25) is 0 Å². The predicted octanol–water partition coefficient (Wildman–Crippen LogP) is 4.57. The maximum Gasteiger partial charge on any atom is 0.0146 e. The van der Waals surface area contributed by atoms with E-state index in [1.165, 1.54) is 0 Å². The third kappa shape index (κ3) is 2.36. The summed E-state index contributed by atoms with van der Waals surface area (Å²) in [5, 5.41) is 4.22. The van der Waals surface area contributed by atoms with Crippen LogP contribution in [0.25, 0.3) is 0 Å². The zero-order valence-corrected chi connectivity index (χ0v) is 12.8. The van der Waals surface area contributed by atoms with Crippen LogP contribution in [0.5, 0.6) is 0 Å². The van der Waals surface area contributed by atoms with Gasteiger partial charge in [0.05, 0.1) is 0 Å². The van der Waals surface area contributed by atoms with Crippen molar-refractivity contribution < 1.29 is 0 Å². The highest BCUT2D eigenvalue weighted by Gasteiger charge is 2.42. The summed E-state index contributed by atoms with van der Waals surface area (Å²) in [4.78, 5) is 0.